The highest BCUT2D eigenvalue weighted by molar-refractivity contribution is 7.90. The topological polar surface area (TPSA) is 80.3 Å². The van der Waals surface area contributed by atoms with Gasteiger partial charge in [-0.3, -0.25) is 9.59 Å². The molecule has 128 valence electrons. The Morgan fingerprint density at radius 3 is 2.29 bits per heavy atom. The molecule has 2 rings (SSSR count). The third-order valence-corrected chi connectivity index (χ3v) is 5.79. The van der Waals surface area contributed by atoms with Crippen LogP contribution in [0.3, 0.4) is 0 Å². The standard InChI is InChI=1S/C17H19NO4S2/c1-4-15(12-5-7-14(8-6-12)24(3,21)22)18-17(20)13-9-16(11(2)19)23-10-13/h5-10,15H,4H2,1-3H3,(H,18,20)/t15-/m1/s1. The molecule has 0 saturated carbocycles. The summed E-state index contributed by atoms with van der Waals surface area (Å²) in [5.41, 5.74) is 1.29. The Kier molecular flexibility index (Phi) is 5.56. The molecule has 0 radical (unpaired) electrons. The maximum absolute atomic E-state index is 12.3. The van der Waals surface area contributed by atoms with Crippen molar-refractivity contribution in [2.24, 2.45) is 0 Å². The number of ketones is 1. The van der Waals surface area contributed by atoms with Crippen LogP contribution in [0.15, 0.2) is 40.6 Å². The number of hydrogen-bond acceptors (Lipinski definition) is 5. The number of thiophene rings is 1. The van der Waals surface area contributed by atoms with Crippen LogP contribution in [0.4, 0.5) is 0 Å². The lowest BCUT2D eigenvalue weighted by molar-refractivity contribution is 0.0936. The smallest absolute Gasteiger partial charge is 0.252 e. The summed E-state index contributed by atoms with van der Waals surface area (Å²) in [5, 5.41) is 4.57. The van der Waals surface area contributed by atoms with Crippen molar-refractivity contribution >= 4 is 32.9 Å². The van der Waals surface area contributed by atoms with E-state index in [1.165, 1.54) is 30.4 Å². The first-order chi connectivity index (χ1) is 11.2. The van der Waals surface area contributed by atoms with Crippen molar-refractivity contribution in [3.8, 4) is 0 Å². The molecule has 0 unspecified atom stereocenters. The van der Waals surface area contributed by atoms with Gasteiger partial charge in [-0.25, -0.2) is 8.42 Å². The predicted molar refractivity (Wildman–Crippen MR) is 94.4 cm³/mol. The monoisotopic (exact) mass is 365 g/mol. The van der Waals surface area contributed by atoms with Crippen LogP contribution in [0, 0.1) is 0 Å². The van der Waals surface area contributed by atoms with E-state index in [1.54, 1.807) is 23.6 Å². The lowest BCUT2D eigenvalue weighted by atomic mass is 10.0. The summed E-state index contributed by atoms with van der Waals surface area (Å²) in [5.74, 6) is -0.319. The highest BCUT2D eigenvalue weighted by Gasteiger charge is 2.17. The molecule has 0 aliphatic carbocycles. The van der Waals surface area contributed by atoms with E-state index < -0.39 is 9.84 Å². The van der Waals surface area contributed by atoms with Gasteiger partial charge in [0, 0.05) is 11.6 Å². The number of carbonyl (C=O) groups is 2. The highest BCUT2D eigenvalue weighted by atomic mass is 32.2. The van der Waals surface area contributed by atoms with Crippen LogP contribution >= 0.6 is 11.3 Å². The first-order valence-corrected chi connectivity index (χ1v) is 10.2. The second-order valence-electron chi connectivity index (χ2n) is 5.53. The van der Waals surface area contributed by atoms with E-state index in [2.05, 4.69) is 5.32 Å². The summed E-state index contributed by atoms with van der Waals surface area (Å²) < 4.78 is 23.0. The minimum atomic E-state index is -3.24. The lowest BCUT2D eigenvalue weighted by Crippen LogP contribution is -2.27. The number of nitrogens with one attached hydrogen (secondary N) is 1. The van der Waals surface area contributed by atoms with Gasteiger partial charge in [-0.15, -0.1) is 11.3 Å². The number of hydrogen-bond donors (Lipinski definition) is 1. The van der Waals surface area contributed by atoms with Gasteiger partial charge in [0.05, 0.1) is 21.4 Å². The number of Topliss-reactive ketones (excluding diaryl/α,β-unsaturated/α-hetero) is 1. The molecule has 1 heterocycles. The first-order valence-electron chi connectivity index (χ1n) is 7.42. The van der Waals surface area contributed by atoms with Gasteiger partial charge in [-0.2, -0.15) is 0 Å². The van der Waals surface area contributed by atoms with Gasteiger partial charge in [-0.05, 0) is 37.1 Å². The van der Waals surface area contributed by atoms with Crippen LogP contribution < -0.4 is 5.32 Å². The Morgan fingerprint density at radius 1 is 1.21 bits per heavy atom. The molecule has 1 N–H and O–H groups in total. The molecule has 0 aliphatic rings. The Morgan fingerprint density at radius 2 is 1.83 bits per heavy atom. The molecule has 0 fully saturated rings. The molecule has 1 atom stereocenters. The fraction of sp³-hybridized carbons (Fsp3) is 0.294. The van der Waals surface area contributed by atoms with Crippen molar-refractivity contribution < 1.29 is 18.0 Å². The number of sulfone groups is 1. The van der Waals surface area contributed by atoms with E-state index >= 15 is 0 Å². The van der Waals surface area contributed by atoms with Crippen molar-refractivity contribution in [2.75, 3.05) is 6.26 Å². The molecule has 0 spiro atoms. The lowest BCUT2D eigenvalue weighted by Gasteiger charge is -2.17. The molecule has 7 heteroatoms. The van der Waals surface area contributed by atoms with Gasteiger partial charge in [0.15, 0.2) is 15.6 Å². The minimum absolute atomic E-state index is 0.0672. The molecule has 5 nitrogen and oxygen atoms in total. The van der Waals surface area contributed by atoms with Crippen LogP contribution in [-0.4, -0.2) is 26.4 Å². The van der Waals surface area contributed by atoms with Crippen LogP contribution in [-0.2, 0) is 9.84 Å². The first kappa shape index (κ1) is 18.4. The maximum Gasteiger partial charge on any atom is 0.252 e. The average molecular weight is 365 g/mol. The van der Waals surface area contributed by atoms with E-state index in [1.807, 2.05) is 6.92 Å². The van der Waals surface area contributed by atoms with Crippen molar-refractivity contribution in [2.45, 2.75) is 31.2 Å². The molecular weight excluding hydrogens is 346 g/mol. The zero-order valence-corrected chi connectivity index (χ0v) is 15.3. The van der Waals surface area contributed by atoms with Gasteiger partial charge >= 0.3 is 0 Å². The minimum Gasteiger partial charge on any atom is -0.345 e. The van der Waals surface area contributed by atoms with E-state index in [0.717, 1.165) is 11.8 Å². The van der Waals surface area contributed by atoms with E-state index in [-0.39, 0.29) is 22.6 Å². The van der Waals surface area contributed by atoms with Gasteiger partial charge in [-0.1, -0.05) is 19.1 Å². The summed E-state index contributed by atoms with van der Waals surface area (Å²) in [7, 11) is -3.24. The SMILES string of the molecule is CC[C@@H](NC(=O)c1csc(C(C)=O)c1)c1ccc(S(C)(=O)=O)cc1. The summed E-state index contributed by atoms with van der Waals surface area (Å²) in [6, 6.07) is 7.85. The molecule has 2 aromatic rings. The van der Waals surface area contributed by atoms with E-state index in [9.17, 15) is 18.0 Å². The molecular formula is C17H19NO4S2. The Balaban J connectivity index is 2.16. The average Bonchev–Trinajstić information content (AvgIpc) is 3.02. The fourth-order valence-corrected chi connectivity index (χ4v) is 3.67. The van der Waals surface area contributed by atoms with Crippen LogP contribution in [0.2, 0.25) is 0 Å². The van der Waals surface area contributed by atoms with Crippen molar-refractivity contribution in [3.63, 3.8) is 0 Å². The number of carbonyl (C=O) groups excluding carboxylic acids is 2. The summed E-state index contributed by atoms with van der Waals surface area (Å²) in [4.78, 5) is 24.5. The number of benzene rings is 1. The quantitative estimate of drug-likeness (QED) is 0.797. The van der Waals surface area contributed by atoms with Crippen LogP contribution in [0.5, 0.6) is 0 Å². The normalized spacial score (nSPS) is 12.6. The number of amides is 1. The van der Waals surface area contributed by atoms with Gasteiger partial charge in [0.2, 0.25) is 0 Å². The van der Waals surface area contributed by atoms with Crippen LogP contribution in [0.1, 0.15) is 51.9 Å². The Labute approximate surface area is 145 Å². The molecule has 1 amide bonds. The van der Waals surface area contributed by atoms with E-state index in [0.29, 0.717) is 16.9 Å². The summed E-state index contributed by atoms with van der Waals surface area (Å²) >= 11 is 1.24. The second kappa shape index (κ2) is 7.27. The van der Waals surface area contributed by atoms with Gasteiger partial charge < -0.3 is 5.32 Å². The highest BCUT2D eigenvalue weighted by Crippen LogP contribution is 2.21. The zero-order valence-electron chi connectivity index (χ0n) is 13.7. The predicted octanol–water partition coefficient (Wildman–Crippen LogP) is 3.24. The summed E-state index contributed by atoms with van der Waals surface area (Å²) in [6.07, 6.45) is 1.82. The molecule has 1 aromatic heterocycles. The molecule has 0 aliphatic heterocycles. The number of rotatable bonds is 6. The second-order valence-corrected chi connectivity index (χ2v) is 8.46. The molecule has 1 aromatic carbocycles. The maximum atomic E-state index is 12.3. The zero-order chi connectivity index (χ0) is 17.9. The van der Waals surface area contributed by atoms with Gasteiger partial charge in [0.25, 0.3) is 5.91 Å². The summed E-state index contributed by atoms with van der Waals surface area (Å²) in [6.45, 7) is 3.40. The van der Waals surface area contributed by atoms with Crippen molar-refractivity contribution in [1.82, 2.24) is 5.32 Å². The van der Waals surface area contributed by atoms with Crippen molar-refractivity contribution in [3.05, 3.63) is 51.7 Å². The molecule has 24 heavy (non-hydrogen) atoms. The Bertz CT molecular complexity index is 851. The largest absolute Gasteiger partial charge is 0.345 e. The third kappa shape index (κ3) is 4.30. The van der Waals surface area contributed by atoms with Crippen molar-refractivity contribution in [1.29, 1.82) is 0 Å². The van der Waals surface area contributed by atoms with E-state index in [4.69, 9.17) is 0 Å². The van der Waals surface area contributed by atoms with Crippen LogP contribution in [0.25, 0.3) is 0 Å². The Hall–Kier alpha value is -1.99. The fourth-order valence-electron chi connectivity index (χ4n) is 2.25. The molecule has 0 bridgehead atoms. The third-order valence-electron chi connectivity index (χ3n) is 3.63. The molecule has 0 saturated heterocycles. The van der Waals surface area contributed by atoms with Gasteiger partial charge in [0.1, 0.15) is 0 Å².